The second kappa shape index (κ2) is 14.1. The second-order valence-corrected chi connectivity index (χ2v) is 9.60. The Bertz CT molecular complexity index is 1250. The van der Waals surface area contributed by atoms with Gasteiger partial charge in [0.05, 0.1) is 31.4 Å². The molecule has 0 unspecified atom stereocenters. The molecule has 3 amide bonds. The van der Waals surface area contributed by atoms with Crippen molar-refractivity contribution in [1.82, 2.24) is 14.7 Å². The van der Waals surface area contributed by atoms with Crippen LogP contribution in [0.25, 0.3) is 0 Å². The van der Waals surface area contributed by atoms with Crippen LogP contribution in [0.3, 0.4) is 0 Å². The van der Waals surface area contributed by atoms with E-state index in [-0.39, 0.29) is 18.5 Å². The molecule has 0 saturated carbocycles. The van der Waals surface area contributed by atoms with Crippen molar-refractivity contribution in [3.8, 4) is 6.07 Å². The van der Waals surface area contributed by atoms with E-state index in [1.54, 1.807) is 34.1 Å². The van der Waals surface area contributed by atoms with E-state index in [9.17, 15) is 9.59 Å². The van der Waals surface area contributed by atoms with Crippen LogP contribution in [-0.2, 0) is 22.6 Å². The number of ether oxygens (including phenoxy) is 1. The average Bonchev–Trinajstić information content (AvgIpc) is 3.38. The van der Waals surface area contributed by atoms with Crippen LogP contribution in [0.4, 0.5) is 10.5 Å². The molecule has 1 fully saturated rings. The Labute approximate surface area is 229 Å². The maximum atomic E-state index is 13.7. The van der Waals surface area contributed by atoms with Crippen LogP contribution in [0.1, 0.15) is 29.1 Å². The summed E-state index contributed by atoms with van der Waals surface area (Å²) in [5, 5.41) is 11.9. The van der Waals surface area contributed by atoms with Crippen molar-refractivity contribution in [3.63, 3.8) is 0 Å². The van der Waals surface area contributed by atoms with Gasteiger partial charge < -0.3 is 24.3 Å². The van der Waals surface area contributed by atoms with Gasteiger partial charge in [-0.1, -0.05) is 30.3 Å². The van der Waals surface area contributed by atoms with E-state index < -0.39 is 0 Å². The molecule has 204 valence electrons. The number of rotatable bonds is 11. The van der Waals surface area contributed by atoms with Crippen LogP contribution >= 0.6 is 0 Å². The molecule has 0 bridgehead atoms. The molecule has 2 aromatic carbocycles. The number of furan rings is 1. The molecule has 1 saturated heterocycles. The van der Waals surface area contributed by atoms with Gasteiger partial charge in [-0.3, -0.25) is 9.69 Å². The normalized spacial score (nSPS) is 13.4. The first-order chi connectivity index (χ1) is 19.0. The zero-order valence-corrected chi connectivity index (χ0v) is 22.3. The molecule has 9 nitrogen and oxygen atoms in total. The topological polar surface area (TPSA) is 102 Å². The number of nitrogens with zero attached hydrogens (tertiary/aromatic N) is 4. The molecule has 1 N–H and O–H groups in total. The third-order valence-corrected chi connectivity index (χ3v) is 6.60. The summed E-state index contributed by atoms with van der Waals surface area (Å²) >= 11 is 0. The zero-order chi connectivity index (χ0) is 27.5. The number of hydrogen-bond acceptors (Lipinski definition) is 6. The number of urea groups is 1. The van der Waals surface area contributed by atoms with Crippen LogP contribution in [0.5, 0.6) is 0 Å². The number of aryl methyl sites for hydroxylation is 1. The lowest BCUT2D eigenvalue weighted by Crippen LogP contribution is -2.45. The highest BCUT2D eigenvalue weighted by Crippen LogP contribution is 2.15. The molecule has 1 aliphatic heterocycles. The molecule has 9 heteroatoms. The SMILES string of the molecule is Cc1ccc(CN(Cc2ccccc2)C(=O)CN(CCCN2CCOCC2)C(=O)Nc2ccc(C#N)cc2)o1. The van der Waals surface area contributed by atoms with E-state index in [0.717, 1.165) is 37.4 Å². The molecule has 1 aliphatic rings. The van der Waals surface area contributed by atoms with Crippen molar-refractivity contribution in [2.75, 3.05) is 51.3 Å². The van der Waals surface area contributed by atoms with Crippen LogP contribution in [-0.4, -0.2) is 72.6 Å². The largest absolute Gasteiger partial charge is 0.464 e. The minimum absolute atomic E-state index is 0.0717. The number of amides is 3. The minimum Gasteiger partial charge on any atom is -0.464 e. The summed E-state index contributed by atoms with van der Waals surface area (Å²) in [7, 11) is 0. The number of hydrogen-bond donors (Lipinski definition) is 1. The lowest BCUT2D eigenvalue weighted by Gasteiger charge is -2.30. The van der Waals surface area contributed by atoms with Gasteiger partial charge in [0.25, 0.3) is 0 Å². The number of carbonyl (C=O) groups excluding carboxylic acids is 2. The first-order valence-electron chi connectivity index (χ1n) is 13.2. The molecule has 2 heterocycles. The van der Waals surface area contributed by atoms with Gasteiger partial charge >= 0.3 is 6.03 Å². The number of nitrogens with one attached hydrogen (secondary N) is 1. The van der Waals surface area contributed by atoms with Crippen molar-refractivity contribution >= 4 is 17.6 Å². The fraction of sp³-hybridized carbons (Fsp3) is 0.367. The molecule has 39 heavy (non-hydrogen) atoms. The lowest BCUT2D eigenvalue weighted by molar-refractivity contribution is -0.133. The molecule has 0 spiro atoms. The van der Waals surface area contributed by atoms with Crippen LogP contribution < -0.4 is 5.32 Å². The molecule has 0 atom stereocenters. The number of morpholine rings is 1. The van der Waals surface area contributed by atoms with E-state index in [1.165, 1.54) is 0 Å². The monoisotopic (exact) mass is 529 g/mol. The van der Waals surface area contributed by atoms with Gasteiger partial charge in [-0.2, -0.15) is 5.26 Å². The predicted octanol–water partition coefficient (Wildman–Crippen LogP) is 4.24. The van der Waals surface area contributed by atoms with Gasteiger partial charge in [-0.15, -0.1) is 0 Å². The smallest absolute Gasteiger partial charge is 0.322 e. The van der Waals surface area contributed by atoms with E-state index in [2.05, 4.69) is 16.3 Å². The van der Waals surface area contributed by atoms with E-state index in [1.807, 2.05) is 49.4 Å². The highest BCUT2D eigenvalue weighted by atomic mass is 16.5. The quantitative estimate of drug-likeness (QED) is 0.399. The van der Waals surface area contributed by atoms with Crippen molar-refractivity contribution in [1.29, 1.82) is 5.26 Å². The fourth-order valence-corrected chi connectivity index (χ4v) is 4.45. The van der Waals surface area contributed by atoms with Crippen LogP contribution in [0.2, 0.25) is 0 Å². The number of nitriles is 1. The third kappa shape index (κ3) is 8.70. The summed E-state index contributed by atoms with van der Waals surface area (Å²) in [6.45, 7) is 6.90. The highest BCUT2D eigenvalue weighted by Gasteiger charge is 2.23. The third-order valence-electron chi connectivity index (χ3n) is 6.60. The first kappa shape index (κ1) is 27.9. The summed E-state index contributed by atoms with van der Waals surface area (Å²) in [6, 6.07) is 21.9. The number of benzene rings is 2. The highest BCUT2D eigenvalue weighted by molar-refractivity contribution is 5.92. The van der Waals surface area contributed by atoms with Gasteiger partial charge in [0.2, 0.25) is 5.91 Å². The Morgan fingerprint density at radius 3 is 2.38 bits per heavy atom. The fourth-order valence-electron chi connectivity index (χ4n) is 4.45. The van der Waals surface area contributed by atoms with Gasteiger partial charge in [-0.25, -0.2) is 4.79 Å². The Hall–Kier alpha value is -4.13. The maximum absolute atomic E-state index is 13.7. The summed E-state index contributed by atoms with van der Waals surface area (Å²) < 4.78 is 11.2. The van der Waals surface area contributed by atoms with Crippen molar-refractivity contribution in [2.45, 2.75) is 26.4 Å². The van der Waals surface area contributed by atoms with Crippen molar-refractivity contribution < 1.29 is 18.7 Å². The predicted molar refractivity (Wildman–Crippen MR) is 148 cm³/mol. The summed E-state index contributed by atoms with van der Waals surface area (Å²) in [6.07, 6.45) is 0.726. The molecular weight excluding hydrogens is 494 g/mol. The molecule has 3 aromatic rings. The Kier molecular flexibility index (Phi) is 10.1. The standard InChI is InChI=1S/C30H35N5O4/c1-24-8-13-28(39-24)22-35(21-26-6-3-2-4-7-26)29(36)23-34(15-5-14-33-16-18-38-19-17-33)30(37)32-27-11-9-25(20-31)10-12-27/h2-4,6-13H,5,14-19,21-23H2,1H3,(H,32,37). The number of anilines is 1. The van der Waals surface area contributed by atoms with E-state index >= 15 is 0 Å². The summed E-state index contributed by atoms with van der Waals surface area (Å²) in [4.78, 5) is 32.6. The molecule has 0 radical (unpaired) electrons. The van der Waals surface area contributed by atoms with Gasteiger partial charge in [0.1, 0.15) is 18.1 Å². The minimum atomic E-state index is -0.358. The van der Waals surface area contributed by atoms with Gasteiger partial charge in [-0.05, 0) is 55.3 Å². The first-order valence-corrected chi connectivity index (χ1v) is 13.2. The van der Waals surface area contributed by atoms with Crippen molar-refractivity contribution in [2.24, 2.45) is 0 Å². The van der Waals surface area contributed by atoms with E-state index in [4.69, 9.17) is 14.4 Å². The maximum Gasteiger partial charge on any atom is 0.322 e. The van der Waals surface area contributed by atoms with Crippen LogP contribution in [0, 0.1) is 18.3 Å². The summed E-state index contributed by atoms with van der Waals surface area (Å²) in [5.74, 6) is 1.30. The molecular formula is C30H35N5O4. The van der Waals surface area contributed by atoms with E-state index in [0.29, 0.717) is 49.9 Å². The van der Waals surface area contributed by atoms with Gasteiger partial charge in [0.15, 0.2) is 0 Å². The van der Waals surface area contributed by atoms with Gasteiger partial charge in [0, 0.05) is 38.4 Å². The Morgan fingerprint density at radius 2 is 1.72 bits per heavy atom. The van der Waals surface area contributed by atoms with Crippen molar-refractivity contribution in [3.05, 3.63) is 89.4 Å². The van der Waals surface area contributed by atoms with Crippen LogP contribution in [0.15, 0.2) is 71.1 Å². The second-order valence-electron chi connectivity index (χ2n) is 9.60. The summed E-state index contributed by atoms with van der Waals surface area (Å²) in [5.41, 5.74) is 2.07. The Balaban J connectivity index is 1.47. The lowest BCUT2D eigenvalue weighted by atomic mass is 10.2. The molecule has 1 aromatic heterocycles. The average molecular weight is 530 g/mol. The molecule has 4 rings (SSSR count). The zero-order valence-electron chi connectivity index (χ0n) is 22.3. The molecule has 0 aliphatic carbocycles. The number of carbonyl (C=O) groups is 2. The Morgan fingerprint density at radius 1 is 0.974 bits per heavy atom.